The molecule has 0 saturated carbocycles. The highest BCUT2D eigenvalue weighted by molar-refractivity contribution is 5.71. The van der Waals surface area contributed by atoms with Crippen molar-refractivity contribution in [2.24, 2.45) is 0 Å². The molecule has 0 amide bonds. The van der Waals surface area contributed by atoms with Crippen molar-refractivity contribution >= 4 is 17.9 Å². The van der Waals surface area contributed by atoms with Gasteiger partial charge in [0.1, 0.15) is 13.2 Å². The summed E-state index contributed by atoms with van der Waals surface area (Å²) < 4.78 is 16.9. The highest BCUT2D eigenvalue weighted by atomic mass is 16.6. The van der Waals surface area contributed by atoms with E-state index in [-0.39, 0.29) is 31.1 Å². The first-order valence-corrected chi connectivity index (χ1v) is 30.6. The Morgan fingerprint density at radius 1 is 0.300 bits per heavy atom. The normalized spacial score (nSPS) is 12.3. The molecule has 1 unspecified atom stereocenters. The molecule has 0 aromatic heterocycles. The molecule has 1 atom stereocenters. The summed E-state index contributed by atoms with van der Waals surface area (Å²) in [5.74, 6) is -0.870. The minimum atomic E-state index is -0.779. The van der Waals surface area contributed by atoms with E-state index in [4.69, 9.17) is 14.2 Å². The molecule has 0 aromatic carbocycles. The van der Waals surface area contributed by atoms with E-state index >= 15 is 0 Å². The first-order valence-electron chi connectivity index (χ1n) is 30.6. The number of rotatable bonds is 56. The molecule has 0 saturated heterocycles. The summed E-state index contributed by atoms with van der Waals surface area (Å²) in [5.41, 5.74) is 0. The van der Waals surface area contributed by atoms with E-state index in [0.717, 1.165) is 83.5 Å². The molecular formula is C64H116O6. The van der Waals surface area contributed by atoms with Gasteiger partial charge in [-0.3, -0.25) is 14.4 Å². The van der Waals surface area contributed by atoms with E-state index in [1.54, 1.807) is 0 Å². The van der Waals surface area contributed by atoms with Gasteiger partial charge >= 0.3 is 17.9 Å². The van der Waals surface area contributed by atoms with Crippen LogP contribution in [0.5, 0.6) is 0 Å². The van der Waals surface area contributed by atoms with Crippen molar-refractivity contribution in [3.05, 3.63) is 48.6 Å². The number of hydrogen-bond acceptors (Lipinski definition) is 6. The lowest BCUT2D eigenvalue weighted by molar-refractivity contribution is -0.167. The Morgan fingerprint density at radius 3 is 0.886 bits per heavy atom. The summed E-state index contributed by atoms with van der Waals surface area (Å²) in [4.78, 5) is 38.3. The number of carbonyl (C=O) groups excluding carboxylic acids is 3. The molecule has 0 aliphatic heterocycles. The Balaban J connectivity index is 4.36. The molecule has 0 heterocycles. The summed E-state index contributed by atoms with van der Waals surface area (Å²) in [6, 6.07) is 0. The maximum Gasteiger partial charge on any atom is 0.306 e. The standard InChI is InChI=1S/C64H116O6/c1-4-7-10-13-16-19-22-25-28-31-34-36-39-42-45-48-51-54-57-63(66)69-60-61(70-64(67)58-55-52-49-46-43-40-37-33-30-27-24-21-18-15-12-9-6-3)59-68-62(65)56-53-50-47-44-41-38-35-32-29-26-23-20-17-14-11-8-5-2/h9,12,18,21,27-28,30-31,61H,4-8,10-11,13-17,19-20,22-26,29,32-60H2,1-3H3/b12-9-,21-18-,30-27-,31-28-. The number of ether oxygens (including phenoxy) is 3. The van der Waals surface area contributed by atoms with Gasteiger partial charge in [-0.1, -0.05) is 275 Å². The number of hydrogen-bond donors (Lipinski definition) is 0. The highest BCUT2D eigenvalue weighted by Crippen LogP contribution is 2.17. The van der Waals surface area contributed by atoms with Gasteiger partial charge < -0.3 is 14.2 Å². The van der Waals surface area contributed by atoms with E-state index in [2.05, 4.69) is 69.4 Å². The molecule has 6 nitrogen and oxygen atoms in total. The first-order chi connectivity index (χ1) is 34.5. The molecular weight excluding hydrogens is 865 g/mol. The lowest BCUT2D eigenvalue weighted by atomic mass is 10.0. The SMILES string of the molecule is CC/C=C\C/C=C\C/C=C\CCCCCCCCCC(=O)OC(COC(=O)CCCCCCCCC/C=C\CCCCCCCCC)COC(=O)CCCCCCCCCCCCCCCCCCC. The third-order valence-electron chi connectivity index (χ3n) is 13.6. The smallest absolute Gasteiger partial charge is 0.306 e. The zero-order chi connectivity index (χ0) is 50.7. The molecule has 0 aromatic rings. The van der Waals surface area contributed by atoms with Gasteiger partial charge in [-0.15, -0.1) is 0 Å². The number of carbonyl (C=O) groups is 3. The third-order valence-corrected chi connectivity index (χ3v) is 13.6. The van der Waals surface area contributed by atoms with Crippen molar-refractivity contribution in [1.29, 1.82) is 0 Å². The topological polar surface area (TPSA) is 78.9 Å². The number of unbranched alkanes of at least 4 members (excludes halogenated alkanes) is 37. The van der Waals surface area contributed by atoms with Gasteiger partial charge in [0.15, 0.2) is 6.10 Å². The second kappa shape index (κ2) is 58.9. The zero-order valence-electron chi connectivity index (χ0n) is 46.8. The fraction of sp³-hybridized carbons (Fsp3) is 0.828. The highest BCUT2D eigenvalue weighted by Gasteiger charge is 2.19. The molecule has 0 aliphatic carbocycles. The molecule has 0 bridgehead atoms. The van der Waals surface area contributed by atoms with Crippen molar-refractivity contribution in [2.45, 2.75) is 329 Å². The maximum absolute atomic E-state index is 12.9. The van der Waals surface area contributed by atoms with Crippen LogP contribution in [-0.2, 0) is 28.6 Å². The largest absolute Gasteiger partial charge is 0.462 e. The van der Waals surface area contributed by atoms with Gasteiger partial charge in [-0.25, -0.2) is 0 Å². The third kappa shape index (κ3) is 56.3. The molecule has 6 heteroatoms. The van der Waals surface area contributed by atoms with Crippen LogP contribution in [0.3, 0.4) is 0 Å². The van der Waals surface area contributed by atoms with Gasteiger partial charge in [-0.05, 0) is 77.0 Å². The summed E-state index contributed by atoms with van der Waals surface area (Å²) in [5, 5.41) is 0. The van der Waals surface area contributed by atoms with Crippen LogP contribution in [0, 0.1) is 0 Å². The van der Waals surface area contributed by atoms with Crippen molar-refractivity contribution < 1.29 is 28.6 Å². The van der Waals surface area contributed by atoms with Crippen molar-refractivity contribution in [2.75, 3.05) is 13.2 Å². The Hall–Kier alpha value is -2.63. The lowest BCUT2D eigenvalue weighted by Gasteiger charge is -2.18. The fourth-order valence-electron chi connectivity index (χ4n) is 8.98. The molecule has 70 heavy (non-hydrogen) atoms. The second-order valence-electron chi connectivity index (χ2n) is 20.6. The van der Waals surface area contributed by atoms with Crippen LogP contribution in [0.15, 0.2) is 48.6 Å². The van der Waals surface area contributed by atoms with Crippen molar-refractivity contribution in [1.82, 2.24) is 0 Å². The average molecular weight is 982 g/mol. The lowest BCUT2D eigenvalue weighted by Crippen LogP contribution is -2.30. The monoisotopic (exact) mass is 981 g/mol. The van der Waals surface area contributed by atoms with Crippen LogP contribution in [0.2, 0.25) is 0 Å². The van der Waals surface area contributed by atoms with E-state index in [0.29, 0.717) is 19.3 Å². The van der Waals surface area contributed by atoms with Crippen molar-refractivity contribution in [3.63, 3.8) is 0 Å². The van der Waals surface area contributed by atoms with E-state index in [1.807, 2.05) is 0 Å². The molecule has 0 radical (unpaired) electrons. The minimum Gasteiger partial charge on any atom is -0.462 e. The van der Waals surface area contributed by atoms with Crippen LogP contribution in [0.25, 0.3) is 0 Å². The molecule has 0 rings (SSSR count). The Bertz CT molecular complexity index is 1220. The summed E-state index contributed by atoms with van der Waals surface area (Å²) in [6.45, 7) is 6.57. The average Bonchev–Trinajstić information content (AvgIpc) is 3.36. The predicted molar refractivity (Wildman–Crippen MR) is 302 cm³/mol. The van der Waals surface area contributed by atoms with E-state index in [9.17, 15) is 14.4 Å². The van der Waals surface area contributed by atoms with Gasteiger partial charge in [0, 0.05) is 19.3 Å². The predicted octanol–water partition coefficient (Wildman–Crippen LogP) is 20.6. The minimum absolute atomic E-state index is 0.0751. The zero-order valence-corrected chi connectivity index (χ0v) is 46.8. The first kappa shape index (κ1) is 67.4. The number of allylic oxidation sites excluding steroid dienone is 8. The second-order valence-corrected chi connectivity index (χ2v) is 20.6. The van der Waals surface area contributed by atoms with Gasteiger partial charge in [0.05, 0.1) is 0 Å². The van der Waals surface area contributed by atoms with Crippen LogP contribution in [0.4, 0.5) is 0 Å². The quantitative estimate of drug-likeness (QED) is 0.0261. The molecule has 0 fully saturated rings. The maximum atomic E-state index is 12.9. The summed E-state index contributed by atoms with van der Waals surface area (Å²) in [7, 11) is 0. The van der Waals surface area contributed by atoms with Gasteiger partial charge in [0.25, 0.3) is 0 Å². The summed E-state index contributed by atoms with van der Waals surface area (Å²) >= 11 is 0. The fourth-order valence-corrected chi connectivity index (χ4v) is 8.98. The van der Waals surface area contributed by atoms with Gasteiger partial charge in [-0.2, -0.15) is 0 Å². The Labute approximate surface area is 435 Å². The molecule has 408 valence electrons. The molecule has 0 aliphatic rings. The Kier molecular flexibility index (Phi) is 56.7. The van der Waals surface area contributed by atoms with E-state index in [1.165, 1.54) is 199 Å². The van der Waals surface area contributed by atoms with Crippen LogP contribution >= 0.6 is 0 Å². The van der Waals surface area contributed by atoms with Crippen LogP contribution < -0.4 is 0 Å². The summed E-state index contributed by atoms with van der Waals surface area (Å²) in [6.07, 6.45) is 72.5. The van der Waals surface area contributed by atoms with Crippen molar-refractivity contribution in [3.8, 4) is 0 Å². The molecule has 0 N–H and O–H groups in total. The molecule has 0 spiro atoms. The van der Waals surface area contributed by atoms with Crippen LogP contribution in [-0.4, -0.2) is 37.2 Å². The van der Waals surface area contributed by atoms with Gasteiger partial charge in [0.2, 0.25) is 0 Å². The Morgan fingerprint density at radius 2 is 0.557 bits per heavy atom. The van der Waals surface area contributed by atoms with Crippen LogP contribution in [0.1, 0.15) is 323 Å². The van der Waals surface area contributed by atoms with E-state index < -0.39 is 6.10 Å². The number of esters is 3.